The number of para-hydroxylation sites is 1. The lowest BCUT2D eigenvalue weighted by Crippen LogP contribution is -2.51. The van der Waals surface area contributed by atoms with Gasteiger partial charge in [0.05, 0.1) is 23.7 Å². The average Bonchev–Trinajstić information content (AvgIpc) is 2.41. The van der Waals surface area contributed by atoms with Crippen molar-refractivity contribution in [3.63, 3.8) is 0 Å². The van der Waals surface area contributed by atoms with Gasteiger partial charge in [-0.25, -0.2) is 0 Å². The van der Waals surface area contributed by atoms with Gasteiger partial charge in [-0.05, 0) is 41.9 Å². The predicted molar refractivity (Wildman–Crippen MR) is 76.2 cm³/mol. The molecule has 0 spiro atoms. The molecule has 0 N–H and O–H groups in total. The van der Waals surface area contributed by atoms with Crippen LogP contribution >= 0.6 is 15.9 Å². The second kappa shape index (κ2) is 6.39. The number of hydrogen-bond acceptors (Lipinski definition) is 3. The van der Waals surface area contributed by atoms with Crippen molar-refractivity contribution in [2.75, 3.05) is 19.8 Å². The molecule has 0 aromatic heterocycles. The Balaban J connectivity index is 2.01. The summed E-state index contributed by atoms with van der Waals surface area (Å²) < 4.78 is 11.9. The highest BCUT2D eigenvalue weighted by Gasteiger charge is 2.28. The smallest absolute Gasteiger partial charge is 0.263 e. The van der Waals surface area contributed by atoms with E-state index in [0.29, 0.717) is 25.5 Å². The minimum absolute atomic E-state index is 0.00607. The summed E-state index contributed by atoms with van der Waals surface area (Å²) in [5.74, 6) is 0.691. The van der Waals surface area contributed by atoms with Crippen LogP contribution in [0.15, 0.2) is 28.7 Å². The Morgan fingerprint density at radius 2 is 2.26 bits per heavy atom. The summed E-state index contributed by atoms with van der Waals surface area (Å²) in [4.78, 5) is 14.2. The summed E-state index contributed by atoms with van der Waals surface area (Å²) in [5.41, 5.74) is 0. The second-order valence-electron chi connectivity index (χ2n) is 4.65. The van der Waals surface area contributed by atoms with Crippen LogP contribution in [0.5, 0.6) is 5.75 Å². The Morgan fingerprint density at radius 1 is 1.53 bits per heavy atom. The summed E-state index contributed by atoms with van der Waals surface area (Å²) in [5, 5.41) is 0. The molecule has 0 radical (unpaired) electrons. The number of hydrogen-bond donors (Lipinski definition) is 0. The van der Waals surface area contributed by atoms with Gasteiger partial charge in [-0.1, -0.05) is 12.1 Å². The van der Waals surface area contributed by atoms with Crippen molar-refractivity contribution in [1.82, 2.24) is 4.90 Å². The maximum atomic E-state index is 12.4. The summed E-state index contributed by atoms with van der Waals surface area (Å²) in [6, 6.07) is 7.63. The summed E-state index contributed by atoms with van der Waals surface area (Å²) in [7, 11) is 0. The third-order valence-corrected chi connectivity index (χ3v) is 3.79. The molecule has 2 atom stereocenters. The number of halogens is 1. The van der Waals surface area contributed by atoms with Crippen LogP contribution in [0.4, 0.5) is 0 Å². The quantitative estimate of drug-likeness (QED) is 0.856. The number of benzene rings is 1. The van der Waals surface area contributed by atoms with E-state index in [1.54, 1.807) is 6.92 Å². The van der Waals surface area contributed by atoms with Crippen molar-refractivity contribution < 1.29 is 14.3 Å². The van der Waals surface area contributed by atoms with Crippen LogP contribution in [0, 0.1) is 0 Å². The molecular weight excluding hydrogens is 310 g/mol. The summed E-state index contributed by atoms with van der Waals surface area (Å²) in [6.07, 6.45) is -0.501. The standard InChI is InChI=1S/C14H18BrNO3/c1-10-9-18-8-7-16(10)14(17)11(2)19-13-6-4-3-5-12(13)15/h3-6,10-11H,7-9H2,1-2H3/t10-,11+/m0/s1. The molecule has 4 nitrogen and oxygen atoms in total. The van der Waals surface area contributed by atoms with Crippen molar-refractivity contribution in [3.8, 4) is 5.75 Å². The zero-order valence-electron chi connectivity index (χ0n) is 11.1. The average molecular weight is 328 g/mol. The van der Waals surface area contributed by atoms with E-state index in [-0.39, 0.29) is 11.9 Å². The molecule has 1 aliphatic rings. The zero-order valence-corrected chi connectivity index (χ0v) is 12.7. The summed E-state index contributed by atoms with van der Waals surface area (Å²) >= 11 is 3.41. The Bertz CT molecular complexity index is 452. The minimum Gasteiger partial charge on any atom is -0.480 e. The normalized spacial score (nSPS) is 21.0. The molecule has 0 saturated carbocycles. The SMILES string of the molecule is C[C@@H](Oc1ccccc1Br)C(=O)N1CCOC[C@@H]1C. The van der Waals surface area contributed by atoms with Crippen molar-refractivity contribution >= 4 is 21.8 Å². The maximum Gasteiger partial charge on any atom is 0.263 e. The minimum atomic E-state index is -0.501. The molecule has 5 heteroatoms. The molecule has 1 saturated heterocycles. The highest BCUT2D eigenvalue weighted by Crippen LogP contribution is 2.25. The number of rotatable bonds is 3. The Hall–Kier alpha value is -1.07. The molecule has 1 aromatic carbocycles. The van der Waals surface area contributed by atoms with E-state index < -0.39 is 6.10 Å². The molecule has 19 heavy (non-hydrogen) atoms. The number of nitrogens with zero attached hydrogens (tertiary/aromatic N) is 1. The van der Waals surface area contributed by atoms with E-state index >= 15 is 0 Å². The molecule has 1 heterocycles. The Morgan fingerprint density at radius 3 is 2.95 bits per heavy atom. The summed E-state index contributed by atoms with van der Waals surface area (Å²) in [6.45, 7) is 5.58. The van der Waals surface area contributed by atoms with E-state index in [1.165, 1.54) is 0 Å². The van der Waals surface area contributed by atoms with Gasteiger partial charge >= 0.3 is 0 Å². The van der Waals surface area contributed by atoms with Crippen LogP contribution in [0.25, 0.3) is 0 Å². The lowest BCUT2D eigenvalue weighted by molar-refractivity contribution is -0.145. The third-order valence-electron chi connectivity index (χ3n) is 3.14. The highest BCUT2D eigenvalue weighted by molar-refractivity contribution is 9.10. The van der Waals surface area contributed by atoms with E-state index in [9.17, 15) is 4.79 Å². The van der Waals surface area contributed by atoms with Gasteiger partial charge < -0.3 is 14.4 Å². The number of ether oxygens (including phenoxy) is 2. The van der Waals surface area contributed by atoms with Crippen molar-refractivity contribution in [1.29, 1.82) is 0 Å². The van der Waals surface area contributed by atoms with Crippen LogP contribution in [-0.2, 0) is 9.53 Å². The fourth-order valence-electron chi connectivity index (χ4n) is 2.07. The van der Waals surface area contributed by atoms with E-state index in [0.717, 1.165) is 4.47 Å². The lowest BCUT2D eigenvalue weighted by atomic mass is 10.2. The van der Waals surface area contributed by atoms with E-state index in [4.69, 9.17) is 9.47 Å². The van der Waals surface area contributed by atoms with Gasteiger partial charge in [-0.3, -0.25) is 4.79 Å². The van der Waals surface area contributed by atoms with E-state index in [2.05, 4.69) is 15.9 Å². The number of carbonyl (C=O) groups is 1. The molecule has 104 valence electrons. The fraction of sp³-hybridized carbons (Fsp3) is 0.500. The van der Waals surface area contributed by atoms with E-state index in [1.807, 2.05) is 36.1 Å². The zero-order chi connectivity index (χ0) is 13.8. The van der Waals surface area contributed by atoms with Crippen molar-refractivity contribution in [2.45, 2.75) is 26.0 Å². The van der Waals surface area contributed by atoms with Gasteiger partial charge in [-0.2, -0.15) is 0 Å². The van der Waals surface area contributed by atoms with Crippen LogP contribution in [0.1, 0.15) is 13.8 Å². The molecule has 1 aliphatic heterocycles. The second-order valence-corrected chi connectivity index (χ2v) is 5.50. The van der Waals surface area contributed by atoms with Crippen molar-refractivity contribution in [3.05, 3.63) is 28.7 Å². The van der Waals surface area contributed by atoms with Gasteiger partial charge in [0.2, 0.25) is 0 Å². The molecule has 2 rings (SSSR count). The first-order chi connectivity index (χ1) is 9.09. The van der Waals surface area contributed by atoms with Crippen LogP contribution in [0.2, 0.25) is 0 Å². The Kier molecular flexibility index (Phi) is 4.82. The third kappa shape index (κ3) is 3.48. The van der Waals surface area contributed by atoms with Gasteiger partial charge in [-0.15, -0.1) is 0 Å². The maximum absolute atomic E-state index is 12.4. The van der Waals surface area contributed by atoms with Gasteiger partial charge in [0.15, 0.2) is 6.10 Å². The molecule has 1 fully saturated rings. The van der Waals surface area contributed by atoms with Crippen molar-refractivity contribution in [2.24, 2.45) is 0 Å². The molecule has 0 unspecified atom stereocenters. The van der Waals surface area contributed by atoms with Crippen LogP contribution in [0.3, 0.4) is 0 Å². The number of morpholine rings is 1. The monoisotopic (exact) mass is 327 g/mol. The first-order valence-corrected chi connectivity index (χ1v) is 7.18. The number of amides is 1. The number of carbonyl (C=O) groups excluding carboxylic acids is 1. The fourth-order valence-corrected chi connectivity index (χ4v) is 2.45. The Labute approximate surface area is 121 Å². The van der Waals surface area contributed by atoms with Gasteiger partial charge in [0.25, 0.3) is 5.91 Å². The molecular formula is C14H18BrNO3. The van der Waals surface area contributed by atoms with Crippen LogP contribution < -0.4 is 4.74 Å². The largest absolute Gasteiger partial charge is 0.480 e. The first-order valence-electron chi connectivity index (χ1n) is 6.39. The molecule has 1 aromatic rings. The first kappa shape index (κ1) is 14.3. The predicted octanol–water partition coefficient (Wildman–Crippen LogP) is 2.46. The topological polar surface area (TPSA) is 38.8 Å². The van der Waals surface area contributed by atoms with Crippen LogP contribution in [-0.4, -0.2) is 42.7 Å². The molecule has 0 bridgehead atoms. The van der Waals surface area contributed by atoms with Gasteiger partial charge in [0.1, 0.15) is 5.75 Å². The van der Waals surface area contributed by atoms with Gasteiger partial charge in [0, 0.05) is 6.54 Å². The highest BCUT2D eigenvalue weighted by atomic mass is 79.9. The lowest BCUT2D eigenvalue weighted by Gasteiger charge is -2.35. The molecule has 0 aliphatic carbocycles. The molecule has 1 amide bonds.